The van der Waals surface area contributed by atoms with Crippen molar-refractivity contribution < 1.29 is 14.3 Å². The van der Waals surface area contributed by atoms with Crippen molar-refractivity contribution in [3.63, 3.8) is 0 Å². The first kappa shape index (κ1) is 17.5. The molecule has 0 fully saturated rings. The number of ether oxygens (including phenoxy) is 1. The van der Waals surface area contributed by atoms with E-state index in [9.17, 15) is 9.59 Å². The second-order valence-electron chi connectivity index (χ2n) is 5.21. The summed E-state index contributed by atoms with van der Waals surface area (Å²) in [7, 11) is 3.40. The molecule has 128 valence electrons. The van der Waals surface area contributed by atoms with Gasteiger partial charge in [-0.3, -0.25) is 9.97 Å². The summed E-state index contributed by atoms with van der Waals surface area (Å²) in [6.07, 6.45) is 7.18. The maximum atomic E-state index is 12.3. The Morgan fingerprint density at radius 1 is 1.38 bits per heavy atom. The second-order valence-corrected chi connectivity index (χ2v) is 5.21. The minimum absolute atomic E-state index is 0.273. The average Bonchev–Trinajstić information content (AvgIpc) is 2.94. The zero-order valence-corrected chi connectivity index (χ0v) is 14.0. The molecule has 0 atom stereocenters. The van der Waals surface area contributed by atoms with Gasteiger partial charge in [-0.25, -0.2) is 9.59 Å². The van der Waals surface area contributed by atoms with E-state index in [0.29, 0.717) is 24.3 Å². The largest absolute Gasteiger partial charge is 0.461 e. The van der Waals surface area contributed by atoms with Gasteiger partial charge in [-0.15, -0.1) is 0 Å². The Morgan fingerprint density at radius 3 is 2.83 bits per heavy atom. The summed E-state index contributed by atoms with van der Waals surface area (Å²) in [6.45, 7) is 2.49. The maximum Gasteiger partial charge on any atom is 0.357 e. The van der Waals surface area contributed by atoms with Gasteiger partial charge in [0.2, 0.25) is 0 Å². The second kappa shape index (κ2) is 8.09. The fourth-order valence-electron chi connectivity index (χ4n) is 2.14. The summed E-state index contributed by atoms with van der Waals surface area (Å²) in [5.74, 6) is -0.470. The van der Waals surface area contributed by atoms with Gasteiger partial charge in [0.1, 0.15) is 0 Å². The number of hydrogen-bond acceptors (Lipinski definition) is 5. The Balaban J connectivity index is 1.98. The summed E-state index contributed by atoms with van der Waals surface area (Å²) in [5.41, 5.74) is 1.55. The summed E-state index contributed by atoms with van der Waals surface area (Å²) >= 11 is 0. The molecule has 0 aliphatic rings. The molecule has 2 amide bonds. The number of likely N-dealkylation sites (N-methyl/N-ethyl adjacent to an activating group) is 1. The number of nitrogens with one attached hydrogen (secondary N) is 1. The third-order valence-corrected chi connectivity index (χ3v) is 3.45. The van der Waals surface area contributed by atoms with E-state index in [4.69, 9.17) is 4.74 Å². The number of aryl methyl sites for hydroxylation is 1. The molecule has 1 N–H and O–H groups in total. The van der Waals surface area contributed by atoms with Gasteiger partial charge in [-0.2, -0.15) is 0 Å². The Labute approximate surface area is 140 Å². The number of anilines is 1. The lowest BCUT2D eigenvalue weighted by molar-refractivity contribution is 0.0516. The van der Waals surface area contributed by atoms with Gasteiger partial charge in [-0.1, -0.05) is 0 Å². The number of urea groups is 1. The molecule has 0 saturated carbocycles. The Hall–Kier alpha value is -2.90. The zero-order chi connectivity index (χ0) is 17.5. The lowest BCUT2D eigenvalue weighted by Gasteiger charge is -2.18. The Morgan fingerprint density at radius 2 is 2.17 bits per heavy atom. The number of aromatic nitrogens is 3. The minimum Gasteiger partial charge on any atom is -0.461 e. The molecule has 0 unspecified atom stereocenters. The molecule has 0 spiro atoms. The van der Waals surface area contributed by atoms with Crippen molar-refractivity contribution in [1.82, 2.24) is 19.4 Å². The van der Waals surface area contributed by atoms with Gasteiger partial charge < -0.3 is 19.5 Å². The molecule has 2 rings (SSSR count). The normalized spacial score (nSPS) is 10.3. The van der Waals surface area contributed by atoms with E-state index in [-0.39, 0.29) is 12.6 Å². The highest BCUT2D eigenvalue weighted by molar-refractivity contribution is 5.99. The highest BCUT2D eigenvalue weighted by Crippen LogP contribution is 2.18. The van der Waals surface area contributed by atoms with Crippen LogP contribution >= 0.6 is 0 Å². The van der Waals surface area contributed by atoms with Crippen molar-refractivity contribution in [1.29, 1.82) is 0 Å². The molecule has 24 heavy (non-hydrogen) atoms. The first-order chi connectivity index (χ1) is 11.5. The van der Waals surface area contributed by atoms with Crippen LogP contribution in [0.5, 0.6) is 0 Å². The van der Waals surface area contributed by atoms with Crippen molar-refractivity contribution in [2.75, 3.05) is 25.5 Å². The number of esters is 1. The van der Waals surface area contributed by atoms with Crippen molar-refractivity contribution >= 4 is 17.7 Å². The first-order valence-corrected chi connectivity index (χ1v) is 7.62. The van der Waals surface area contributed by atoms with E-state index in [1.165, 1.54) is 4.90 Å². The van der Waals surface area contributed by atoms with E-state index in [0.717, 1.165) is 5.69 Å². The van der Waals surface area contributed by atoms with Crippen LogP contribution in [0.1, 0.15) is 23.1 Å². The smallest absolute Gasteiger partial charge is 0.357 e. The van der Waals surface area contributed by atoms with Gasteiger partial charge in [0.05, 0.1) is 18.0 Å². The van der Waals surface area contributed by atoms with E-state index < -0.39 is 5.97 Å². The molecular weight excluding hydrogens is 310 g/mol. The Kier molecular flexibility index (Phi) is 5.89. The molecule has 8 nitrogen and oxygen atoms in total. The number of hydrogen-bond donors (Lipinski definition) is 1. The van der Waals surface area contributed by atoms with Crippen molar-refractivity contribution in [3.8, 4) is 0 Å². The van der Waals surface area contributed by atoms with Gasteiger partial charge in [0.15, 0.2) is 5.69 Å². The highest BCUT2D eigenvalue weighted by Gasteiger charge is 2.19. The van der Waals surface area contributed by atoms with E-state index in [2.05, 4.69) is 15.3 Å². The first-order valence-electron chi connectivity index (χ1n) is 7.62. The summed E-state index contributed by atoms with van der Waals surface area (Å²) < 4.78 is 6.63. The van der Waals surface area contributed by atoms with Crippen LogP contribution in [0.15, 0.2) is 30.9 Å². The fraction of sp³-hybridized carbons (Fsp3) is 0.375. The Bertz CT molecular complexity index is 699. The molecule has 0 saturated heterocycles. The molecule has 2 aromatic heterocycles. The topological polar surface area (TPSA) is 89.3 Å². The minimum atomic E-state index is -0.470. The van der Waals surface area contributed by atoms with Crippen molar-refractivity contribution in [3.05, 3.63) is 42.2 Å². The van der Waals surface area contributed by atoms with Gasteiger partial charge in [0, 0.05) is 51.8 Å². The van der Waals surface area contributed by atoms with E-state index in [1.54, 1.807) is 56.4 Å². The van der Waals surface area contributed by atoms with Crippen LogP contribution in [0.3, 0.4) is 0 Å². The number of carbonyl (C=O) groups excluding carboxylic acids is 2. The molecule has 2 heterocycles. The number of nitrogens with zero attached hydrogens (tertiary/aromatic N) is 4. The number of carbonyl (C=O) groups is 2. The predicted octanol–water partition coefficient (Wildman–Crippen LogP) is 1.70. The predicted molar refractivity (Wildman–Crippen MR) is 88.8 cm³/mol. The van der Waals surface area contributed by atoms with E-state index in [1.807, 2.05) is 0 Å². The van der Waals surface area contributed by atoms with Crippen LogP contribution in [0.4, 0.5) is 10.5 Å². The van der Waals surface area contributed by atoms with Gasteiger partial charge >= 0.3 is 12.0 Å². The molecule has 0 aliphatic carbocycles. The lowest BCUT2D eigenvalue weighted by atomic mass is 10.3. The van der Waals surface area contributed by atoms with Crippen molar-refractivity contribution in [2.45, 2.75) is 13.3 Å². The summed E-state index contributed by atoms with van der Waals surface area (Å²) in [4.78, 5) is 34.0. The maximum absolute atomic E-state index is 12.3. The van der Waals surface area contributed by atoms with Crippen LogP contribution in [0.25, 0.3) is 0 Å². The van der Waals surface area contributed by atoms with Crippen LogP contribution in [-0.4, -0.2) is 51.6 Å². The van der Waals surface area contributed by atoms with Gasteiger partial charge in [-0.05, 0) is 13.0 Å². The molecule has 2 aromatic rings. The van der Waals surface area contributed by atoms with Crippen LogP contribution in [-0.2, 0) is 18.2 Å². The lowest BCUT2D eigenvalue weighted by Crippen LogP contribution is -2.33. The van der Waals surface area contributed by atoms with Crippen molar-refractivity contribution in [2.24, 2.45) is 7.05 Å². The fourth-order valence-corrected chi connectivity index (χ4v) is 2.14. The van der Waals surface area contributed by atoms with Gasteiger partial charge in [0.25, 0.3) is 0 Å². The third-order valence-electron chi connectivity index (χ3n) is 3.45. The molecule has 8 heteroatoms. The molecule has 0 aromatic carbocycles. The molecule has 0 aliphatic heterocycles. The number of amides is 2. The average molecular weight is 331 g/mol. The monoisotopic (exact) mass is 331 g/mol. The van der Waals surface area contributed by atoms with Crippen LogP contribution < -0.4 is 5.32 Å². The summed E-state index contributed by atoms with van der Waals surface area (Å²) in [6, 6.07) is 1.36. The molecular formula is C16H21N5O3. The van der Waals surface area contributed by atoms with Crippen LogP contribution in [0.2, 0.25) is 0 Å². The summed E-state index contributed by atoms with van der Waals surface area (Å²) in [5, 5.41) is 2.74. The zero-order valence-electron chi connectivity index (χ0n) is 14.0. The SMILES string of the molecule is CCOC(=O)c1c(NC(=O)N(C)CCc2cnccn2)ccn1C. The molecule has 0 radical (unpaired) electrons. The van der Waals surface area contributed by atoms with E-state index >= 15 is 0 Å². The third kappa shape index (κ3) is 4.31. The quantitative estimate of drug-likeness (QED) is 0.814. The highest BCUT2D eigenvalue weighted by atomic mass is 16.5. The number of rotatable bonds is 6. The standard InChI is InChI=1S/C16H21N5O3/c1-4-24-15(22)14-13(6-10-20(14)2)19-16(23)21(3)9-5-12-11-17-7-8-18-12/h6-8,10-11H,4-5,9H2,1-3H3,(H,19,23). The van der Waals surface area contributed by atoms with Crippen LogP contribution in [0, 0.1) is 0 Å². The molecule has 0 bridgehead atoms.